The van der Waals surface area contributed by atoms with Gasteiger partial charge in [-0.25, -0.2) is 14.8 Å². The minimum Gasteiger partial charge on any atom is -0.366 e. The van der Waals surface area contributed by atoms with Crippen LogP contribution in [0.2, 0.25) is 0 Å². The lowest BCUT2D eigenvalue weighted by atomic mass is 9.96. The number of rotatable bonds is 5. The van der Waals surface area contributed by atoms with Gasteiger partial charge in [-0.05, 0) is 11.4 Å². The van der Waals surface area contributed by atoms with Crippen LogP contribution < -0.4 is 22.3 Å². The molecule has 0 aliphatic rings. The molecule has 3 heterocycles. The predicted molar refractivity (Wildman–Crippen MR) is 121 cm³/mol. The van der Waals surface area contributed by atoms with Crippen molar-refractivity contribution in [2.24, 2.45) is 19.8 Å². The highest BCUT2D eigenvalue weighted by Crippen LogP contribution is 2.28. The first-order chi connectivity index (χ1) is 14.4. The van der Waals surface area contributed by atoms with E-state index < -0.39 is 22.6 Å². The molecular formula is C19H22N6O4S2. The summed E-state index contributed by atoms with van der Waals surface area (Å²) in [5.41, 5.74) is 4.27. The van der Waals surface area contributed by atoms with Crippen molar-refractivity contribution in [2.45, 2.75) is 31.2 Å². The van der Waals surface area contributed by atoms with Gasteiger partial charge in [0.2, 0.25) is 5.91 Å². The molecule has 31 heavy (non-hydrogen) atoms. The minimum absolute atomic E-state index is 0.0716. The molecule has 0 aliphatic carbocycles. The monoisotopic (exact) mass is 462 g/mol. The minimum atomic E-state index is -0.634. The van der Waals surface area contributed by atoms with E-state index in [0.717, 1.165) is 16.3 Å². The molecule has 10 nitrogen and oxygen atoms in total. The highest BCUT2D eigenvalue weighted by atomic mass is 32.2. The highest BCUT2D eigenvalue weighted by Gasteiger charge is 2.24. The van der Waals surface area contributed by atoms with Gasteiger partial charge in [-0.2, -0.15) is 0 Å². The Labute approximate surface area is 185 Å². The van der Waals surface area contributed by atoms with E-state index in [1.807, 2.05) is 20.8 Å². The van der Waals surface area contributed by atoms with Crippen molar-refractivity contribution in [2.75, 3.05) is 11.1 Å². The summed E-state index contributed by atoms with van der Waals surface area (Å²) >= 11 is 2.24. The largest absolute Gasteiger partial charge is 0.366 e. The molecule has 0 radical (unpaired) electrons. The molecular weight excluding hydrogens is 440 g/mol. The van der Waals surface area contributed by atoms with E-state index in [0.29, 0.717) is 15.9 Å². The zero-order valence-corrected chi connectivity index (χ0v) is 19.3. The second-order valence-corrected chi connectivity index (χ2v) is 9.75. The normalized spacial score (nSPS) is 11.6. The number of hydrogen-bond acceptors (Lipinski definition) is 8. The molecule has 3 rings (SSSR count). The predicted octanol–water partition coefficient (Wildman–Crippen LogP) is 1.22. The Balaban J connectivity index is 2.01. The van der Waals surface area contributed by atoms with E-state index in [1.54, 1.807) is 5.38 Å². The summed E-state index contributed by atoms with van der Waals surface area (Å²) in [4.78, 5) is 58.1. The Bertz CT molecular complexity index is 1320. The molecule has 0 spiro atoms. The van der Waals surface area contributed by atoms with Crippen LogP contribution in [0.15, 0.2) is 26.1 Å². The van der Waals surface area contributed by atoms with Gasteiger partial charge in [0.05, 0.1) is 11.3 Å². The zero-order valence-electron chi connectivity index (χ0n) is 17.7. The molecule has 3 aromatic heterocycles. The summed E-state index contributed by atoms with van der Waals surface area (Å²) in [6.07, 6.45) is 0. The lowest BCUT2D eigenvalue weighted by Gasteiger charge is -2.19. The van der Waals surface area contributed by atoms with E-state index >= 15 is 0 Å². The molecule has 3 aromatic rings. The molecule has 0 saturated carbocycles. The number of anilines is 1. The van der Waals surface area contributed by atoms with Crippen molar-refractivity contribution in [3.05, 3.63) is 43.7 Å². The summed E-state index contributed by atoms with van der Waals surface area (Å²) in [7, 11) is 2.91. The summed E-state index contributed by atoms with van der Waals surface area (Å²) in [5, 5.41) is 5.15. The van der Waals surface area contributed by atoms with Crippen LogP contribution in [0.25, 0.3) is 11.0 Å². The van der Waals surface area contributed by atoms with Crippen molar-refractivity contribution < 1.29 is 9.59 Å². The maximum absolute atomic E-state index is 12.8. The van der Waals surface area contributed by atoms with Crippen molar-refractivity contribution in [3.8, 4) is 0 Å². The molecule has 0 fully saturated rings. The first-order valence-electron chi connectivity index (χ1n) is 9.20. The van der Waals surface area contributed by atoms with Gasteiger partial charge in [-0.1, -0.05) is 32.5 Å². The van der Waals surface area contributed by atoms with Crippen LogP contribution in [0.4, 0.5) is 5.00 Å². The fourth-order valence-electron chi connectivity index (χ4n) is 2.77. The van der Waals surface area contributed by atoms with Crippen LogP contribution >= 0.6 is 23.1 Å². The number of nitrogens with two attached hydrogens (primary N) is 1. The number of aryl methyl sites for hydroxylation is 1. The molecule has 0 atom stereocenters. The van der Waals surface area contributed by atoms with Crippen LogP contribution in [-0.2, 0) is 24.3 Å². The van der Waals surface area contributed by atoms with Crippen LogP contribution in [0.5, 0.6) is 0 Å². The van der Waals surface area contributed by atoms with E-state index in [2.05, 4.69) is 15.3 Å². The van der Waals surface area contributed by atoms with Crippen LogP contribution in [-0.4, -0.2) is 36.7 Å². The van der Waals surface area contributed by atoms with Gasteiger partial charge >= 0.3 is 5.69 Å². The fraction of sp³-hybridized carbons (Fsp3) is 0.368. The van der Waals surface area contributed by atoms with E-state index in [1.165, 1.54) is 36.1 Å². The summed E-state index contributed by atoms with van der Waals surface area (Å²) < 4.78 is 2.28. The highest BCUT2D eigenvalue weighted by molar-refractivity contribution is 8.00. The van der Waals surface area contributed by atoms with Gasteiger partial charge in [-0.3, -0.25) is 23.5 Å². The number of nitrogens with zero attached hydrogens (tertiary/aromatic N) is 4. The number of fused-ring (bicyclic) bond motifs is 1. The third-order valence-corrected chi connectivity index (χ3v) is 6.27. The second kappa shape index (κ2) is 8.27. The third kappa shape index (κ3) is 4.39. The first kappa shape index (κ1) is 22.7. The van der Waals surface area contributed by atoms with E-state index in [9.17, 15) is 19.2 Å². The van der Waals surface area contributed by atoms with E-state index in [4.69, 9.17) is 5.73 Å². The van der Waals surface area contributed by atoms with Crippen molar-refractivity contribution in [1.82, 2.24) is 19.1 Å². The lowest BCUT2D eigenvalue weighted by Crippen LogP contribution is -2.38. The number of aromatic nitrogens is 4. The maximum atomic E-state index is 12.8. The molecule has 164 valence electrons. The molecule has 0 bridgehead atoms. The van der Waals surface area contributed by atoms with Gasteiger partial charge in [0.25, 0.3) is 11.5 Å². The van der Waals surface area contributed by atoms with Gasteiger partial charge in [0.1, 0.15) is 21.2 Å². The molecule has 12 heteroatoms. The van der Waals surface area contributed by atoms with Gasteiger partial charge in [-0.15, -0.1) is 11.3 Å². The number of hydrogen-bond donors (Lipinski definition) is 2. The SMILES string of the molecule is Cn1c(=O)c2c(SCC(=O)Nc3sccc3C(N)=O)nc(C(C)(C)C)nc2n(C)c1=O. The summed E-state index contributed by atoms with van der Waals surface area (Å²) in [5.74, 6) is -0.649. The summed E-state index contributed by atoms with van der Waals surface area (Å²) in [6, 6.07) is 1.54. The molecule has 2 amide bonds. The Morgan fingerprint density at radius 2 is 1.87 bits per heavy atom. The molecule has 0 unspecified atom stereocenters. The fourth-order valence-corrected chi connectivity index (χ4v) is 4.39. The lowest BCUT2D eigenvalue weighted by molar-refractivity contribution is -0.113. The molecule has 0 saturated heterocycles. The number of primary amides is 1. The Hall–Kier alpha value is -2.99. The van der Waals surface area contributed by atoms with Crippen LogP contribution in [0, 0.1) is 0 Å². The number of thioether (sulfide) groups is 1. The Morgan fingerprint density at radius 3 is 2.48 bits per heavy atom. The average Bonchev–Trinajstić information content (AvgIpc) is 3.16. The van der Waals surface area contributed by atoms with Gasteiger partial charge in [0, 0.05) is 19.5 Å². The third-order valence-electron chi connectivity index (χ3n) is 4.46. The number of carbonyl (C=O) groups is 2. The smallest absolute Gasteiger partial charge is 0.332 e. The second-order valence-electron chi connectivity index (χ2n) is 7.87. The quantitative estimate of drug-likeness (QED) is 0.429. The first-order valence-corrected chi connectivity index (χ1v) is 11.1. The molecule has 0 aliphatic heterocycles. The Morgan fingerprint density at radius 1 is 1.19 bits per heavy atom. The van der Waals surface area contributed by atoms with E-state index in [-0.39, 0.29) is 28.3 Å². The maximum Gasteiger partial charge on any atom is 0.332 e. The number of amides is 2. The van der Waals surface area contributed by atoms with Crippen molar-refractivity contribution >= 4 is 50.9 Å². The molecule has 0 aromatic carbocycles. The number of carbonyl (C=O) groups excluding carboxylic acids is 2. The summed E-state index contributed by atoms with van der Waals surface area (Å²) in [6.45, 7) is 5.74. The van der Waals surface area contributed by atoms with Gasteiger partial charge < -0.3 is 11.1 Å². The Kier molecular flexibility index (Phi) is 6.05. The van der Waals surface area contributed by atoms with Gasteiger partial charge in [0.15, 0.2) is 5.65 Å². The number of thiophene rings is 1. The van der Waals surface area contributed by atoms with Crippen molar-refractivity contribution in [3.63, 3.8) is 0 Å². The van der Waals surface area contributed by atoms with Crippen molar-refractivity contribution in [1.29, 1.82) is 0 Å². The van der Waals surface area contributed by atoms with Crippen LogP contribution in [0.3, 0.4) is 0 Å². The number of nitrogens with one attached hydrogen (secondary N) is 1. The zero-order chi connectivity index (χ0) is 23.1. The standard InChI is InChI=1S/C19H22N6O4S2/c1-19(2,3)17-22-13-11(16(28)25(5)18(29)24(13)4)15(23-17)31-8-10(26)21-14-9(12(20)27)6-7-30-14/h6-7H,8H2,1-5H3,(H2,20,27)(H,21,26). The average molecular weight is 463 g/mol. The van der Waals surface area contributed by atoms with Crippen LogP contribution in [0.1, 0.15) is 37.0 Å². The topological polar surface area (TPSA) is 142 Å². The molecule has 3 N–H and O–H groups in total.